The number of carbonyl (C=O) groups is 1. The molecule has 1 aromatic rings. The van der Waals surface area contributed by atoms with Crippen molar-refractivity contribution in [3.8, 4) is 0 Å². The topological polar surface area (TPSA) is 40.5 Å². The Morgan fingerprint density at radius 2 is 2.00 bits per heavy atom. The number of hydrogen-bond acceptors (Lipinski definition) is 2. The summed E-state index contributed by atoms with van der Waals surface area (Å²) in [5, 5.41) is 9.57. The minimum Gasteiger partial charge on any atom is -0.394 e. The van der Waals surface area contributed by atoms with Crippen LogP contribution in [0.1, 0.15) is 30.9 Å². The largest absolute Gasteiger partial charge is 0.394 e. The highest BCUT2D eigenvalue weighted by atomic mass is 16.3. The molecule has 2 aliphatic rings. The van der Waals surface area contributed by atoms with Gasteiger partial charge in [-0.25, -0.2) is 0 Å². The maximum absolute atomic E-state index is 12.7. The van der Waals surface area contributed by atoms with Crippen molar-refractivity contribution in [3.05, 3.63) is 35.4 Å². The number of likely N-dealkylation sites (tertiary alicyclic amines) is 1. The van der Waals surface area contributed by atoms with Crippen LogP contribution in [0.3, 0.4) is 0 Å². The normalized spacial score (nSPS) is 26.7. The van der Waals surface area contributed by atoms with Crippen molar-refractivity contribution in [2.75, 3.05) is 13.2 Å². The van der Waals surface area contributed by atoms with Crippen molar-refractivity contribution in [1.82, 2.24) is 4.90 Å². The number of amides is 1. The second-order valence-corrected chi connectivity index (χ2v) is 6.12. The molecule has 1 aliphatic heterocycles. The predicted octanol–water partition coefficient (Wildman–Crippen LogP) is 1.77. The number of hydrogen-bond donors (Lipinski definition) is 1. The number of aliphatic hydroxyl groups is 1. The maximum atomic E-state index is 12.7. The molecule has 3 nitrogen and oxygen atoms in total. The first-order valence-electron chi connectivity index (χ1n) is 7.13. The van der Waals surface area contributed by atoms with Gasteiger partial charge in [-0.1, -0.05) is 24.3 Å². The van der Waals surface area contributed by atoms with E-state index in [0.717, 1.165) is 32.2 Å². The Labute approximate surface area is 114 Å². The molecule has 0 radical (unpaired) electrons. The predicted molar refractivity (Wildman–Crippen MR) is 73.8 cm³/mol. The summed E-state index contributed by atoms with van der Waals surface area (Å²) in [6, 6.07) is 8.33. The number of benzene rings is 1. The van der Waals surface area contributed by atoms with Crippen LogP contribution in [0, 0.1) is 5.92 Å². The van der Waals surface area contributed by atoms with Gasteiger partial charge in [0.25, 0.3) is 0 Å². The summed E-state index contributed by atoms with van der Waals surface area (Å²) in [7, 11) is 0. The van der Waals surface area contributed by atoms with Crippen molar-refractivity contribution in [2.24, 2.45) is 5.92 Å². The van der Waals surface area contributed by atoms with E-state index in [1.165, 1.54) is 11.1 Å². The molecule has 1 aromatic carbocycles. The van der Waals surface area contributed by atoms with Crippen LogP contribution in [0.15, 0.2) is 24.3 Å². The van der Waals surface area contributed by atoms with Crippen LogP contribution in [0.5, 0.6) is 0 Å². The lowest BCUT2D eigenvalue weighted by atomic mass is 9.97. The first-order valence-corrected chi connectivity index (χ1v) is 7.13. The lowest BCUT2D eigenvalue weighted by molar-refractivity contribution is -0.140. The molecular weight excluding hydrogens is 238 g/mol. The Morgan fingerprint density at radius 1 is 1.37 bits per heavy atom. The van der Waals surface area contributed by atoms with Crippen LogP contribution in [-0.2, 0) is 17.6 Å². The molecule has 0 bridgehead atoms. The second-order valence-electron chi connectivity index (χ2n) is 6.12. The lowest BCUT2D eigenvalue weighted by Gasteiger charge is -2.35. The van der Waals surface area contributed by atoms with Crippen molar-refractivity contribution in [3.63, 3.8) is 0 Å². The first kappa shape index (κ1) is 12.7. The highest BCUT2D eigenvalue weighted by Crippen LogP contribution is 2.34. The number of aliphatic hydroxyl groups excluding tert-OH is 1. The summed E-state index contributed by atoms with van der Waals surface area (Å²) in [6.45, 7) is 2.86. The average molecular weight is 259 g/mol. The van der Waals surface area contributed by atoms with E-state index in [9.17, 15) is 9.90 Å². The third-order valence-corrected chi connectivity index (χ3v) is 4.76. The molecule has 1 saturated heterocycles. The summed E-state index contributed by atoms with van der Waals surface area (Å²) in [5.41, 5.74) is 2.28. The summed E-state index contributed by atoms with van der Waals surface area (Å²) in [5.74, 6) is 0.298. The fourth-order valence-electron chi connectivity index (χ4n) is 3.52. The molecule has 1 fully saturated rings. The lowest BCUT2D eigenvalue weighted by Crippen LogP contribution is -2.50. The second kappa shape index (κ2) is 4.64. The molecule has 0 spiro atoms. The van der Waals surface area contributed by atoms with Gasteiger partial charge in [0, 0.05) is 12.5 Å². The Kier molecular flexibility index (Phi) is 3.09. The molecule has 0 aromatic heterocycles. The Bertz CT molecular complexity index is 474. The zero-order chi connectivity index (χ0) is 13.5. The summed E-state index contributed by atoms with van der Waals surface area (Å²) < 4.78 is 0. The maximum Gasteiger partial charge on any atom is 0.226 e. The first-order chi connectivity index (χ1) is 9.14. The molecule has 19 heavy (non-hydrogen) atoms. The third kappa shape index (κ3) is 2.06. The summed E-state index contributed by atoms with van der Waals surface area (Å²) in [6.07, 6.45) is 3.62. The third-order valence-electron chi connectivity index (χ3n) is 4.76. The van der Waals surface area contributed by atoms with Gasteiger partial charge in [0.15, 0.2) is 0 Å². The van der Waals surface area contributed by atoms with Crippen LogP contribution in [0.2, 0.25) is 0 Å². The van der Waals surface area contributed by atoms with E-state index in [1.807, 2.05) is 24.0 Å². The molecule has 1 unspecified atom stereocenters. The van der Waals surface area contributed by atoms with Crippen molar-refractivity contribution < 1.29 is 9.90 Å². The number of carbonyl (C=O) groups excluding carboxylic acids is 1. The molecule has 102 valence electrons. The van der Waals surface area contributed by atoms with Crippen LogP contribution >= 0.6 is 0 Å². The van der Waals surface area contributed by atoms with E-state index in [2.05, 4.69) is 12.1 Å². The van der Waals surface area contributed by atoms with E-state index < -0.39 is 0 Å². The van der Waals surface area contributed by atoms with Crippen molar-refractivity contribution in [2.45, 2.75) is 38.1 Å². The van der Waals surface area contributed by atoms with Gasteiger partial charge in [0.1, 0.15) is 0 Å². The molecule has 1 amide bonds. The van der Waals surface area contributed by atoms with Gasteiger partial charge >= 0.3 is 0 Å². The van der Waals surface area contributed by atoms with Gasteiger partial charge in [-0.2, -0.15) is 0 Å². The molecular formula is C16H21NO2. The standard InChI is InChI=1S/C16H21NO2/c1-16(11-18)7-4-8-17(16)15(19)14-9-12-5-2-3-6-13(12)10-14/h2-3,5-6,14,18H,4,7-11H2,1H3. The Hall–Kier alpha value is -1.35. The van der Waals surface area contributed by atoms with Gasteiger partial charge in [0.2, 0.25) is 5.91 Å². The molecule has 1 atom stereocenters. The molecule has 3 heteroatoms. The Morgan fingerprint density at radius 3 is 2.58 bits per heavy atom. The Balaban J connectivity index is 1.77. The number of fused-ring (bicyclic) bond motifs is 1. The molecule has 0 saturated carbocycles. The summed E-state index contributed by atoms with van der Waals surface area (Å²) in [4.78, 5) is 14.6. The van der Waals surface area contributed by atoms with Gasteiger partial charge in [0.05, 0.1) is 12.1 Å². The quantitative estimate of drug-likeness (QED) is 0.879. The number of rotatable bonds is 2. The van der Waals surface area contributed by atoms with Gasteiger partial charge < -0.3 is 10.0 Å². The monoisotopic (exact) mass is 259 g/mol. The van der Waals surface area contributed by atoms with Crippen molar-refractivity contribution in [1.29, 1.82) is 0 Å². The van der Waals surface area contributed by atoms with Gasteiger partial charge in [-0.15, -0.1) is 0 Å². The zero-order valence-corrected chi connectivity index (χ0v) is 11.4. The summed E-state index contributed by atoms with van der Waals surface area (Å²) >= 11 is 0. The molecule has 3 rings (SSSR count). The van der Waals surface area contributed by atoms with Crippen LogP contribution in [0.4, 0.5) is 0 Å². The SMILES string of the molecule is CC1(CO)CCCN1C(=O)C1Cc2ccccc2C1. The smallest absolute Gasteiger partial charge is 0.226 e. The van der Waals surface area contributed by atoms with Crippen LogP contribution in [-0.4, -0.2) is 34.6 Å². The van der Waals surface area contributed by atoms with E-state index in [4.69, 9.17) is 0 Å². The molecule has 1 heterocycles. The molecule has 1 aliphatic carbocycles. The average Bonchev–Trinajstić information content (AvgIpc) is 3.02. The van der Waals surface area contributed by atoms with E-state index in [0.29, 0.717) is 0 Å². The van der Waals surface area contributed by atoms with Gasteiger partial charge in [-0.3, -0.25) is 4.79 Å². The number of nitrogens with zero attached hydrogens (tertiary/aromatic N) is 1. The fourth-order valence-corrected chi connectivity index (χ4v) is 3.52. The minimum absolute atomic E-state index is 0.0679. The minimum atomic E-state index is -0.341. The van der Waals surface area contributed by atoms with E-state index in [1.54, 1.807) is 0 Å². The van der Waals surface area contributed by atoms with Crippen LogP contribution in [0.25, 0.3) is 0 Å². The molecule has 1 N–H and O–H groups in total. The van der Waals surface area contributed by atoms with E-state index >= 15 is 0 Å². The fraction of sp³-hybridized carbons (Fsp3) is 0.562. The van der Waals surface area contributed by atoms with Crippen molar-refractivity contribution >= 4 is 5.91 Å². The highest BCUT2D eigenvalue weighted by Gasteiger charge is 2.42. The zero-order valence-electron chi connectivity index (χ0n) is 11.4. The van der Waals surface area contributed by atoms with Crippen LogP contribution < -0.4 is 0 Å². The van der Waals surface area contributed by atoms with Gasteiger partial charge in [-0.05, 0) is 43.7 Å². The highest BCUT2D eigenvalue weighted by molar-refractivity contribution is 5.81. The van der Waals surface area contributed by atoms with E-state index in [-0.39, 0.29) is 24.0 Å².